The number of aliphatic hydroxyl groups excluding tert-OH is 1. The van der Waals surface area contributed by atoms with Crippen molar-refractivity contribution in [3.8, 4) is 34.3 Å². The fourth-order valence-electron chi connectivity index (χ4n) is 4.20. The number of ether oxygens (including phenoxy) is 3. The molecule has 9 nitrogen and oxygen atoms in total. The van der Waals surface area contributed by atoms with Gasteiger partial charge in [-0.25, -0.2) is 0 Å². The second-order valence-electron chi connectivity index (χ2n) is 8.07. The Morgan fingerprint density at radius 1 is 1.14 bits per heavy atom. The summed E-state index contributed by atoms with van der Waals surface area (Å²) in [6, 6.07) is 16.7. The maximum Gasteiger partial charge on any atom is 0.323 e. The van der Waals surface area contributed by atoms with Crippen LogP contribution in [-0.4, -0.2) is 58.7 Å². The Bertz CT molecular complexity index is 1380. The zero-order chi connectivity index (χ0) is 24.4. The Labute approximate surface area is 201 Å². The summed E-state index contributed by atoms with van der Waals surface area (Å²) in [7, 11) is 1.52. The fourth-order valence-corrected chi connectivity index (χ4v) is 4.20. The van der Waals surface area contributed by atoms with Gasteiger partial charge in [-0.05, 0) is 47.5 Å². The highest BCUT2D eigenvalue weighted by atomic mass is 16.6. The summed E-state index contributed by atoms with van der Waals surface area (Å²) in [5, 5.41) is 22.2. The van der Waals surface area contributed by atoms with Gasteiger partial charge in [-0.2, -0.15) is 4.98 Å². The van der Waals surface area contributed by atoms with E-state index in [9.17, 15) is 9.90 Å². The monoisotopic (exact) mass is 475 g/mol. The third-order valence-electron chi connectivity index (χ3n) is 5.97. The van der Waals surface area contributed by atoms with Gasteiger partial charge in [0.2, 0.25) is 5.88 Å². The normalized spacial score (nSPS) is 13.5. The molecule has 5 rings (SSSR count). The minimum absolute atomic E-state index is 0.189. The number of fused-ring (bicyclic) bond motifs is 2. The largest absolute Gasteiger partial charge is 0.486 e. The lowest BCUT2D eigenvalue weighted by atomic mass is 10.0. The van der Waals surface area contributed by atoms with Crippen LogP contribution in [0.25, 0.3) is 27.8 Å². The molecule has 0 radical (unpaired) electrons. The first-order valence-corrected chi connectivity index (χ1v) is 11.2. The Hall–Kier alpha value is -4.08. The van der Waals surface area contributed by atoms with Crippen LogP contribution in [0.4, 0.5) is 0 Å². The second kappa shape index (κ2) is 9.65. The lowest BCUT2D eigenvalue weighted by Crippen LogP contribution is -2.39. The zero-order valence-electron chi connectivity index (χ0n) is 19.1. The van der Waals surface area contributed by atoms with Crippen LogP contribution in [0.3, 0.4) is 0 Å². The molecule has 35 heavy (non-hydrogen) atoms. The van der Waals surface area contributed by atoms with Crippen molar-refractivity contribution in [1.82, 2.24) is 14.9 Å². The Kier molecular flexibility index (Phi) is 6.26. The van der Waals surface area contributed by atoms with Crippen molar-refractivity contribution in [3.63, 3.8) is 0 Å². The second-order valence-corrected chi connectivity index (χ2v) is 8.07. The average Bonchev–Trinajstić information content (AvgIpc) is 3.33. The number of methoxy groups -OCH3 is 1. The van der Waals surface area contributed by atoms with Crippen LogP contribution in [0.5, 0.6) is 17.4 Å². The van der Waals surface area contributed by atoms with Gasteiger partial charge in [-0.3, -0.25) is 10.1 Å². The fraction of sp³-hybridized carbons (Fsp3) is 0.231. The van der Waals surface area contributed by atoms with E-state index in [1.54, 1.807) is 0 Å². The predicted octanol–water partition coefficient (Wildman–Crippen LogP) is 3.01. The number of carbonyl (C=O) groups is 1. The number of hydrogen-bond acceptors (Lipinski definition) is 7. The van der Waals surface area contributed by atoms with Gasteiger partial charge in [0, 0.05) is 23.7 Å². The lowest BCUT2D eigenvalue weighted by Gasteiger charge is -2.19. The molecule has 1 aliphatic heterocycles. The number of carboxylic acids is 1. The molecule has 9 heteroatoms. The van der Waals surface area contributed by atoms with Gasteiger partial charge in [-0.1, -0.05) is 18.2 Å². The molecule has 4 aromatic rings. The van der Waals surface area contributed by atoms with Gasteiger partial charge in [0.25, 0.3) is 0 Å². The van der Waals surface area contributed by atoms with E-state index in [2.05, 4.69) is 16.4 Å². The van der Waals surface area contributed by atoms with Crippen molar-refractivity contribution < 1.29 is 29.2 Å². The number of hydrogen-bond donors (Lipinski definition) is 3. The number of aromatic nitrogens is 2. The number of benzene rings is 2. The van der Waals surface area contributed by atoms with Crippen LogP contribution in [0.15, 0.2) is 60.8 Å². The molecular formula is C26H25N3O6. The summed E-state index contributed by atoms with van der Waals surface area (Å²) in [6.45, 7) is 0.767. The first-order chi connectivity index (χ1) is 17.1. The summed E-state index contributed by atoms with van der Waals surface area (Å²) in [5.41, 5.74) is 3.75. The molecule has 0 saturated carbocycles. The number of nitrogens with one attached hydrogen (secondary N) is 1. The van der Waals surface area contributed by atoms with E-state index in [4.69, 9.17) is 19.3 Å². The van der Waals surface area contributed by atoms with E-state index >= 15 is 0 Å². The van der Waals surface area contributed by atoms with Crippen molar-refractivity contribution >= 4 is 16.9 Å². The van der Waals surface area contributed by atoms with E-state index in [0.29, 0.717) is 30.5 Å². The number of nitrogens with zero attached hydrogens (tertiary/aromatic N) is 2. The van der Waals surface area contributed by atoms with Gasteiger partial charge in [-0.15, -0.1) is 0 Å². The molecule has 180 valence electrons. The summed E-state index contributed by atoms with van der Waals surface area (Å²) >= 11 is 0. The molecule has 2 aromatic heterocycles. The molecule has 0 unspecified atom stereocenters. The highest BCUT2D eigenvalue weighted by Crippen LogP contribution is 2.37. The van der Waals surface area contributed by atoms with Crippen molar-refractivity contribution in [2.24, 2.45) is 0 Å². The summed E-state index contributed by atoms with van der Waals surface area (Å²) in [5.74, 6) is 1.42. The van der Waals surface area contributed by atoms with Crippen LogP contribution >= 0.6 is 0 Å². The predicted molar refractivity (Wildman–Crippen MR) is 129 cm³/mol. The van der Waals surface area contributed by atoms with E-state index in [-0.39, 0.29) is 6.54 Å². The topological polar surface area (TPSA) is 115 Å². The van der Waals surface area contributed by atoms with Gasteiger partial charge in [0.15, 0.2) is 11.5 Å². The van der Waals surface area contributed by atoms with Crippen molar-refractivity contribution in [1.29, 1.82) is 0 Å². The number of aliphatic carboxylic acids is 1. The van der Waals surface area contributed by atoms with Crippen LogP contribution in [-0.2, 0) is 11.3 Å². The Morgan fingerprint density at radius 3 is 2.74 bits per heavy atom. The van der Waals surface area contributed by atoms with Crippen LogP contribution in [0, 0.1) is 0 Å². The Morgan fingerprint density at radius 2 is 1.97 bits per heavy atom. The lowest BCUT2D eigenvalue weighted by molar-refractivity contribution is -0.140. The van der Waals surface area contributed by atoms with Crippen molar-refractivity contribution in [2.75, 3.05) is 26.9 Å². The molecule has 0 aliphatic carbocycles. The Balaban J connectivity index is 1.47. The standard InChI is InChI=1S/C26H25N3O6/c1-33-25-17(14-27-20(15-30)26(31)32)6-8-24(28-25)29-10-9-19-18(3-2-4-21(19)29)16-5-7-22-23(13-16)35-12-11-34-22/h2-10,13,20,27,30H,11-12,14-15H2,1H3,(H,31,32)/t20-/m0/s1. The maximum atomic E-state index is 11.2. The third-order valence-corrected chi connectivity index (χ3v) is 5.97. The molecule has 1 aliphatic rings. The molecule has 3 heterocycles. The number of pyridine rings is 1. The number of rotatable bonds is 8. The van der Waals surface area contributed by atoms with Gasteiger partial charge in [0.05, 0.1) is 19.2 Å². The molecule has 3 N–H and O–H groups in total. The highest BCUT2D eigenvalue weighted by molar-refractivity contribution is 5.96. The van der Waals surface area contributed by atoms with Crippen LogP contribution < -0.4 is 19.5 Å². The summed E-state index contributed by atoms with van der Waals surface area (Å²) in [6.07, 6.45) is 1.96. The average molecular weight is 476 g/mol. The summed E-state index contributed by atoms with van der Waals surface area (Å²) in [4.78, 5) is 15.8. The van der Waals surface area contributed by atoms with Crippen molar-refractivity contribution in [2.45, 2.75) is 12.6 Å². The van der Waals surface area contributed by atoms with E-state index in [0.717, 1.165) is 33.5 Å². The molecule has 0 fully saturated rings. The van der Waals surface area contributed by atoms with E-state index in [1.165, 1.54) is 7.11 Å². The minimum Gasteiger partial charge on any atom is -0.486 e. The first kappa shape index (κ1) is 22.7. The van der Waals surface area contributed by atoms with Gasteiger partial charge < -0.3 is 29.0 Å². The zero-order valence-corrected chi connectivity index (χ0v) is 19.1. The number of carboxylic acid groups (broad SMARTS) is 1. The molecule has 2 aromatic carbocycles. The summed E-state index contributed by atoms with van der Waals surface area (Å²) < 4.78 is 18.9. The van der Waals surface area contributed by atoms with E-state index in [1.807, 2.05) is 59.3 Å². The molecule has 0 saturated heterocycles. The number of aliphatic hydroxyl groups is 1. The minimum atomic E-state index is -1.12. The van der Waals surface area contributed by atoms with Crippen LogP contribution in [0.2, 0.25) is 0 Å². The highest BCUT2D eigenvalue weighted by Gasteiger charge is 2.18. The molecule has 1 atom stereocenters. The van der Waals surface area contributed by atoms with Gasteiger partial charge in [0.1, 0.15) is 25.1 Å². The molecule has 0 spiro atoms. The SMILES string of the molecule is COc1nc(-n2ccc3c(-c4ccc5c(c4)OCCO5)cccc32)ccc1CN[C@@H](CO)C(=O)O. The molecule has 0 bridgehead atoms. The van der Waals surface area contributed by atoms with Gasteiger partial charge >= 0.3 is 5.97 Å². The quantitative estimate of drug-likeness (QED) is 0.356. The smallest absolute Gasteiger partial charge is 0.323 e. The molecular weight excluding hydrogens is 450 g/mol. The van der Waals surface area contributed by atoms with E-state index < -0.39 is 18.6 Å². The molecule has 0 amide bonds. The maximum absolute atomic E-state index is 11.2. The van der Waals surface area contributed by atoms with Crippen molar-refractivity contribution in [3.05, 3.63) is 66.4 Å². The third kappa shape index (κ3) is 4.39. The van der Waals surface area contributed by atoms with Crippen LogP contribution in [0.1, 0.15) is 5.56 Å². The first-order valence-electron chi connectivity index (χ1n) is 11.2.